The summed E-state index contributed by atoms with van der Waals surface area (Å²) in [6.07, 6.45) is 0. The number of hydrogen-bond acceptors (Lipinski definition) is 3. The molecule has 1 aromatic rings. The van der Waals surface area contributed by atoms with Crippen LogP contribution in [-0.4, -0.2) is 7.11 Å². The van der Waals surface area contributed by atoms with Crippen LogP contribution in [0.1, 0.15) is 0 Å². The number of hydrogen-bond donors (Lipinski definition) is 1. The predicted octanol–water partition coefficient (Wildman–Crippen LogP) is 1.74. The molecular formula is C7H7FNO2-. The molecule has 60 valence electrons. The number of methoxy groups -OCH3 is 1. The van der Waals surface area contributed by atoms with E-state index >= 15 is 0 Å². The van der Waals surface area contributed by atoms with Crippen molar-refractivity contribution in [1.82, 2.24) is 0 Å². The van der Waals surface area contributed by atoms with Gasteiger partial charge in [0.1, 0.15) is 11.6 Å². The lowest BCUT2D eigenvalue weighted by atomic mass is 10.3. The number of rotatable bonds is 2. The van der Waals surface area contributed by atoms with Gasteiger partial charge < -0.3 is 15.4 Å². The monoisotopic (exact) mass is 156 g/mol. The SMILES string of the molecule is COc1ccc(N[O-])c(F)c1. The first-order valence-corrected chi connectivity index (χ1v) is 2.99. The van der Waals surface area contributed by atoms with Crippen molar-refractivity contribution in [3.63, 3.8) is 0 Å². The van der Waals surface area contributed by atoms with Crippen LogP contribution >= 0.6 is 0 Å². The number of nitrogens with one attached hydrogen (secondary N) is 1. The van der Waals surface area contributed by atoms with Crippen LogP contribution < -0.4 is 10.2 Å². The second-order valence-corrected chi connectivity index (χ2v) is 1.95. The smallest absolute Gasteiger partial charge is 0.149 e. The summed E-state index contributed by atoms with van der Waals surface area (Å²) in [5.74, 6) is -0.221. The molecule has 1 N–H and O–H groups in total. The molecule has 0 unspecified atom stereocenters. The van der Waals surface area contributed by atoms with E-state index in [-0.39, 0.29) is 5.69 Å². The molecule has 0 aliphatic heterocycles. The molecule has 0 amide bonds. The summed E-state index contributed by atoms with van der Waals surface area (Å²) in [5, 5.41) is 10.0. The largest absolute Gasteiger partial charge is 0.761 e. The first kappa shape index (κ1) is 7.81. The van der Waals surface area contributed by atoms with E-state index in [1.807, 2.05) is 0 Å². The van der Waals surface area contributed by atoms with Crippen LogP contribution in [0.25, 0.3) is 0 Å². The molecule has 0 fully saturated rings. The van der Waals surface area contributed by atoms with Gasteiger partial charge in [-0.15, -0.1) is 0 Å². The summed E-state index contributed by atoms with van der Waals surface area (Å²) < 4.78 is 17.4. The highest BCUT2D eigenvalue weighted by molar-refractivity contribution is 5.48. The van der Waals surface area contributed by atoms with Crippen molar-refractivity contribution < 1.29 is 9.13 Å². The van der Waals surface area contributed by atoms with Crippen molar-refractivity contribution in [3.8, 4) is 5.75 Å². The molecule has 3 nitrogen and oxygen atoms in total. The molecule has 0 saturated carbocycles. The molecule has 1 aromatic carbocycles. The highest BCUT2D eigenvalue weighted by Crippen LogP contribution is 2.19. The van der Waals surface area contributed by atoms with Gasteiger partial charge in [0.15, 0.2) is 0 Å². The summed E-state index contributed by atoms with van der Waals surface area (Å²) in [6, 6.07) is 3.96. The maximum Gasteiger partial charge on any atom is 0.149 e. The Morgan fingerprint density at radius 1 is 1.55 bits per heavy atom. The molecule has 0 atom stereocenters. The lowest BCUT2D eigenvalue weighted by Gasteiger charge is -2.10. The van der Waals surface area contributed by atoms with E-state index in [9.17, 15) is 9.60 Å². The first-order chi connectivity index (χ1) is 5.27. The molecule has 0 aliphatic carbocycles. The van der Waals surface area contributed by atoms with E-state index in [1.165, 1.54) is 24.7 Å². The fourth-order valence-electron chi connectivity index (χ4n) is 0.706. The Morgan fingerprint density at radius 3 is 2.73 bits per heavy atom. The van der Waals surface area contributed by atoms with E-state index in [0.717, 1.165) is 6.07 Å². The van der Waals surface area contributed by atoms with Gasteiger partial charge in [-0.2, -0.15) is 0 Å². The van der Waals surface area contributed by atoms with Crippen LogP contribution in [0, 0.1) is 11.0 Å². The van der Waals surface area contributed by atoms with Crippen LogP contribution in [0.15, 0.2) is 18.2 Å². The van der Waals surface area contributed by atoms with Gasteiger partial charge in [0.05, 0.1) is 12.8 Å². The highest BCUT2D eigenvalue weighted by atomic mass is 19.1. The molecule has 0 radical (unpaired) electrons. The molecule has 0 aliphatic rings. The third-order valence-electron chi connectivity index (χ3n) is 1.29. The summed E-state index contributed by atoms with van der Waals surface area (Å²) in [4.78, 5) is 0. The number of ether oxygens (including phenoxy) is 1. The van der Waals surface area contributed by atoms with Crippen molar-refractivity contribution in [3.05, 3.63) is 29.2 Å². The third-order valence-corrected chi connectivity index (χ3v) is 1.29. The Labute approximate surface area is 63.4 Å². The minimum atomic E-state index is -0.612. The van der Waals surface area contributed by atoms with Crippen LogP contribution in [0.3, 0.4) is 0 Å². The maximum atomic E-state index is 12.7. The molecule has 0 saturated heterocycles. The molecular weight excluding hydrogens is 149 g/mol. The Hall–Kier alpha value is -1.29. The number of benzene rings is 1. The molecule has 0 bridgehead atoms. The van der Waals surface area contributed by atoms with E-state index in [1.54, 1.807) is 0 Å². The summed E-state index contributed by atoms with van der Waals surface area (Å²) in [5.41, 5.74) is 1.39. The van der Waals surface area contributed by atoms with Gasteiger partial charge in [0, 0.05) is 6.07 Å². The van der Waals surface area contributed by atoms with Crippen LogP contribution in [0.2, 0.25) is 0 Å². The average Bonchev–Trinajstić information content (AvgIpc) is 2.04. The standard InChI is InChI=1S/C7H7FNO2/c1-11-5-2-3-7(9-10)6(8)4-5/h2-4,9H,1H3/q-1. The van der Waals surface area contributed by atoms with E-state index in [4.69, 9.17) is 4.74 Å². The van der Waals surface area contributed by atoms with Crippen LogP contribution in [-0.2, 0) is 0 Å². The Morgan fingerprint density at radius 2 is 2.27 bits per heavy atom. The average molecular weight is 156 g/mol. The van der Waals surface area contributed by atoms with Crippen molar-refractivity contribution in [2.45, 2.75) is 0 Å². The zero-order chi connectivity index (χ0) is 8.27. The molecule has 11 heavy (non-hydrogen) atoms. The predicted molar refractivity (Wildman–Crippen MR) is 39.9 cm³/mol. The van der Waals surface area contributed by atoms with E-state index < -0.39 is 5.82 Å². The zero-order valence-corrected chi connectivity index (χ0v) is 5.93. The fourth-order valence-corrected chi connectivity index (χ4v) is 0.706. The van der Waals surface area contributed by atoms with Gasteiger partial charge in [-0.1, -0.05) is 0 Å². The molecule has 0 spiro atoms. The van der Waals surface area contributed by atoms with E-state index in [2.05, 4.69) is 0 Å². The Bertz CT molecular complexity index is 252. The lowest BCUT2D eigenvalue weighted by molar-refractivity contribution is 0.411. The van der Waals surface area contributed by atoms with Crippen molar-refractivity contribution in [2.24, 2.45) is 0 Å². The molecule has 4 heteroatoms. The summed E-state index contributed by atoms with van der Waals surface area (Å²) in [6.45, 7) is 0. The molecule has 0 aromatic heterocycles. The second kappa shape index (κ2) is 3.21. The van der Waals surface area contributed by atoms with Gasteiger partial charge in [0.2, 0.25) is 0 Å². The van der Waals surface area contributed by atoms with Gasteiger partial charge in [-0.25, -0.2) is 4.39 Å². The third kappa shape index (κ3) is 1.59. The van der Waals surface area contributed by atoms with Gasteiger partial charge in [-0.3, -0.25) is 0 Å². The van der Waals surface area contributed by atoms with Crippen molar-refractivity contribution in [2.75, 3.05) is 12.6 Å². The van der Waals surface area contributed by atoms with Crippen LogP contribution in [0.4, 0.5) is 10.1 Å². The Balaban J connectivity index is 2.99. The molecule has 1 rings (SSSR count). The normalized spacial score (nSPS) is 9.36. The molecule has 0 heterocycles. The highest BCUT2D eigenvalue weighted by Gasteiger charge is 1.98. The van der Waals surface area contributed by atoms with E-state index in [0.29, 0.717) is 5.75 Å². The summed E-state index contributed by atoms with van der Waals surface area (Å²) in [7, 11) is 1.43. The maximum absolute atomic E-state index is 12.7. The lowest BCUT2D eigenvalue weighted by Crippen LogP contribution is -1.91. The topological polar surface area (TPSA) is 44.3 Å². The number of halogens is 1. The second-order valence-electron chi connectivity index (χ2n) is 1.95. The van der Waals surface area contributed by atoms with Gasteiger partial charge >= 0.3 is 0 Å². The fraction of sp³-hybridized carbons (Fsp3) is 0.143. The van der Waals surface area contributed by atoms with Crippen molar-refractivity contribution in [1.29, 1.82) is 0 Å². The Kier molecular flexibility index (Phi) is 2.28. The van der Waals surface area contributed by atoms with Crippen LogP contribution in [0.5, 0.6) is 5.75 Å². The van der Waals surface area contributed by atoms with Crippen molar-refractivity contribution >= 4 is 5.69 Å². The minimum absolute atomic E-state index is 0.0780. The first-order valence-electron chi connectivity index (χ1n) is 2.99. The quantitative estimate of drug-likeness (QED) is 0.663. The number of anilines is 1. The van der Waals surface area contributed by atoms with Gasteiger partial charge in [-0.05, 0) is 12.1 Å². The minimum Gasteiger partial charge on any atom is -0.761 e. The summed E-state index contributed by atoms with van der Waals surface area (Å²) >= 11 is 0. The van der Waals surface area contributed by atoms with Gasteiger partial charge in [0.25, 0.3) is 0 Å². The zero-order valence-electron chi connectivity index (χ0n) is 5.93.